The van der Waals surface area contributed by atoms with Gasteiger partial charge in [-0.05, 0) is 42.7 Å². The molecule has 0 aliphatic carbocycles. The van der Waals surface area contributed by atoms with Crippen molar-refractivity contribution in [2.45, 2.75) is 25.4 Å². The number of benzene rings is 2. The minimum absolute atomic E-state index is 0.203. The van der Waals surface area contributed by atoms with E-state index in [2.05, 4.69) is 48.2 Å². The number of anilines is 1. The highest BCUT2D eigenvalue weighted by Gasteiger charge is 2.31. The summed E-state index contributed by atoms with van der Waals surface area (Å²) in [5, 5.41) is 0. The monoisotopic (exact) mass is 282 g/mol. The van der Waals surface area contributed by atoms with Crippen LogP contribution < -0.4 is 15.4 Å². The fraction of sp³-hybridized carbons (Fsp3) is 0.333. The molecule has 1 aliphatic heterocycles. The zero-order valence-corrected chi connectivity index (χ0v) is 12.6. The molecule has 2 atom stereocenters. The summed E-state index contributed by atoms with van der Waals surface area (Å²) in [7, 11) is 1.69. The fourth-order valence-electron chi connectivity index (χ4n) is 3.30. The standard InChI is InChI=1S/C18H22N2O/c1-13-11-15-5-3-4-6-17(15)20(13)18(12-19)14-7-9-16(21-2)10-8-14/h3-10,13,18H,11-12,19H2,1-2H3. The minimum Gasteiger partial charge on any atom is -0.497 e. The van der Waals surface area contributed by atoms with E-state index in [1.807, 2.05) is 12.1 Å². The Hall–Kier alpha value is -2.00. The maximum atomic E-state index is 6.10. The van der Waals surface area contributed by atoms with Crippen molar-refractivity contribution in [3.05, 3.63) is 59.7 Å². The van der Waals surface area contributed by atoms with E-state index in [0.717, 1.165) is 12.2 Å². The first kappa shape index (κ1) is 14.0. The molecule has 0 aromatic heterocycles. The van der Waals surface area contributed by atoms with E-state index in [1.165, 1.54) is 16.8 Å². The Morgan fingerprint density at radius 2 is 1.90 bits per heavy atom. The summed E-state index contributed by atoms with van der Waals surface area (Å²) in [5.41, 5.74) is 10.1. The summed E-state index contributed by atoms with van der Waals surface area (Å²) < 4.78 is 5.24. The zero-order valence-electron chi connectivity index (χ0n) is 12.6. The molecule has 0 spiro atoms. The number of fused-ring (bicyclic) bond motifs is 1. The number of nitrogens with zero attached hydrogens (tertiary/aromatic N) is 1. The molecule has 3 rings (SSSR count). The largest absolute Gasteiger partial charge is 0.497 e. The van der Waals surface area contributed by atoms with Gasteiger partial charge in [0.25, 0.3) is 0 Å². The average molecular weight is 282 g/mol. The summed E-state index contributed by atoms with van der Waals surface area (Å²) >= 11 is 0. The van der Waals surface area contributed by atoms with E-state index in [1.54, 1.807) is 7.11 Å². The summed E-state index contributed by atoms with van der Waals surface area (Å²) in [4.78, 5) is 2.46. The van der Waals surface area contributed by atoms with Gasteiger partial charge in [-0.2, -0.15) is 0 Å². The van der Waals surface area contributed by atoms with Crippen LogP contribution in [0, 0.1) is 0 Å². The lowest BCUT2D eigenvalue weighted by Crippen LogP contribution is -2.37. The van der Waals surface area contributed by atoms with Gasteiger partial charge < -0.3 is 15.4 Å². The van der Waals surface area contributed by atoms with Crippen LogP contribution in [0.25, 0.3) is 0 Å². The van der Waals surface area contributed by atoms with Crippen LogP contribution in [-0.4, -0.2) is 19.7 Å². The van der Waals surface area contributed by atoms with Gasteiger partial charge in [0.15, 0.2) is 0 Å². The second kappa shape index (κ2) is 5.78. The molecule has 21 heavy (non-hydrogen) atoms. The summed E-state index contributed by atoms with van der Waals surface area (Å²) in [5.74, 6) is 0.879. The van der Waals surface area contributed by atoms with Crippen molar-refractivity contribution >= 4 is 5.69 Å². The molecule has 0 saturated carbocycles. The Balaban J connectivity index is 1.95. The fourth-order valence-corrected chi connectivity index (χ4v) is 3.30. The van der Waals surface area contributed by atoms with Crippen LogP contribution >= 0.6 is 0 Å². The van der Waals surface area contributed by atoms with Crippen molar-refractivity contribution in [3.8, 4) is 5.75 Å². The smallest absolute Gasteiger partial charge is 0.118 e. The molecule has 3 heteroatoms. The highest BCUT2D eigenvalue weighted by Crippen LogP contribution is 2.38. The maximum absolute atomic E-state index is 6.10. The van der Waals surface area contributed by atoms with Gasteiger partial charge >= 0.3 is 0 Å². The van der Waals surface area contributed by atoms with Crippen LogP contribution in [0.1, 0.15) is 24.1 Å². The van der Waals surface area contributed by atoms with Crippen LogP contribution in [0.4, 0.5) is 5.69 Å². The molecule has 2 aromatic carbocycles. The predicted octanol–water partition coefficient (Wildman–Crippen LogP) is 3.15. The third-order valence-corrected chi connectivity index (χ3v) is 4.32. The first-order valence-electron chi connectivity index (χ1n) is 7.45. The van der Waals surface area contributed by atoms with E-state index in [-0.39, 0.29) is 6.04 Å². The molecule has 0 bridgehead atoms. The summed E-state index contributed by atoms with van der Waals surface area (Å²) in [6.07, 6.45) is 1.09. The molecule has 2 aromatic rings. The van der Waals surface area contributed by atoms with Crippen LogP contribution in [0.2, 0.25) is 0 Å². The van der Waals surface area contributed by atoms with Crippen LogP contribution in [0.5, 0.6) is 5.75 Å². The molecule has 1 heterocycles. The van der Waals surface area contributed by atoms with E-state index in [9.17, 15) is 0 Å². The normalized spacial score (nSPS) is 18.4. The van der Waals surface area contributed by atoms with Crippen molar-refractivity contribution in [1.82, 2.24) is 0 Å². The van der Waals surface area contributed by atoms with Crippen LogP contribution in [0.15, 0.2) is 48.5 Å². The molecular formula is C18H22N2O. The lowest BCUT2D eigenvalue weighted by atomic mass is 10.0. The second-order valence-corrected chi connectivity index (χ2v) is 5.61. The SMILES string of the molecule is COc1ccc(C(CN)N2c3ccccc3CC2C)cc1. The average Bonchev–Trinajstić information content (AvgIpc) is 2.85. The van der Waals surface area contributed by atoms with Gasteiger partial charge in [0, 0.05) is 18.3 Å². The van der Waals surface area contributed by atoms with Gasteiger partial charge in [-0.15, -0.1) is 0 Å². The van der Waals surface area contributed by atoms with E-state index in [4.69, 9.17) is 10.5 Å². The molecule has 0 radical (unpaired) electrons. The number of hydrogen-bond acceptors (Lipinski definition) is 3. The second-order valence-electron chi connectivity index (χ2n) is 5.61. The minimum atomic E-state index is 0.203. The van der Waals surface area contributed by atoms with E-state index < -0.39 is 0 Å². The van der Waals surface area contributed by atoms with Gasteiger partial charge in [-0.3, -0.25) is 0 Å². The third kappa shape index (κ3) is 2.49. The summed E-state index contributed by atoms with van der Waals surface area (Å²) in [6.45, 7) is 2.87. The Kier molecular flexibility index (Phi) is 3.84. The zero-order chi connectivity index (χ0) is 14.8. The number of rotatable bonds is 4. The highest BCUT2D eigenvalue weighted by atomic mass is 16.5. The Labute approximate surface area is 126 Å². The molecule has 1 aliphatic rings. The molecular weight excluding hydrogens is 260 g/mol. The highest BCUT2D eigenvalue weighted by molar-refractivity contribution is 5.61. The number of para-hydroxylation sites is 1. The number of nitrogens with two attached hydrogens (primary N) is 1. The molecule has 3 nitrogen and oxygen atoms in total. The van der Waals surface area contributed by atoms with E-state index in [0.29, 0.717) is 12.6 Å². The lowest BCUT2D eigenvalue weighted by molar-refractivity contribution is 0.414. The molecule has 2 unspecified atom stereocenters. The maximum Gasteiger partial charge on any atom is 0.118 e. The van der Waals surface area contributed by atoms with Crippen molar-refractivity contribution in [2.24, 2.45) is 5.73 Å². The first-order chi connectivity index (χ1) is 10.2. The van der Waals surface area contributed by atoms with Gasteiger partial charge in [0.2, 0.25) is 0 Å². The Morgan fingerprint density at radius 1 is 1.19 bits per heavy atom. The van der Waals surface area contributed by atoms with Gasteiger partial charge in [0.1, 0.15) is 5.75 Å². The van der Waals surface area contributed by atoms with Gasteiger partial charge in [-0.1, -0.05) is 30.3 Å². The van der Waals surface area contributed by atoms with Crippen molar-refractivity contribution in [1.29, 1.82) is 0 Å². The Morgan fingerprint density at radius 3 is 2.57 bits per heavy atom. The Bertz CT molecular complexity index is 609. The first-order valence-corrected chi connectivity index (χ1v) is 7.45. The number of hydrogen-bond donors (Lipinski definition) is 1. The van der Waals surface area contributed by atoms with Crippen molar-refractivity contribution in [2.75, 3.05) is 18.6 Å². The number of methoxy groups -OCH3 is 1. The molecule has 0 amide bonds. The molecule has 0 saturated heterocycles. The van der Waals surface area contributed by atoms with Crippen LogP contribution in [-0.2, 0) is 6.42 Å². The summed E-state index contributed by atoms with van der Waals surface area (Å²) in [6, 6.07) is 17.5. The number of ether oxygens (including phenoxy) is 1. The van der Waals surface area contributed by atoms with E-state index >= 15 is 0 Å². The lowest BCUT2D eigenvalue weighted by Gasteiger charge is -2.34. The molecule has 0 fully saturated rings. The quantitative estimate of drug-likeness (QED) is 0.936. The molecule has 110 valence electrons. The predicted molar refractivity (Wildman–Crippen MR) is 86.9 cm³/mol. The third-order valence-electron chi connectivity index (χ3n) is 4.32. The topological polar surface area (TPSA) is 38.5 Å². The molecule has 2 N–H and O–H groups in total. The van der Waals surface area contributed by atoms with Gasteiger partial charge in [0.05, 0.1) is 13.2 Å². The van der Waals surface area contributed by atoms with Crippen molar-refractivity contribution in [3.63, 3.8) is 0 Å². The van der Waals surface area contributed by atoms with Crippen molar-refractivity contribution < 1.29 is 4.74 Å². The van der Waals surface area contributed by atoms with Crippen LogP contribution in [0.3, 0.4) is 0 Å². The van der Waals surface area contributed by atoms with Gasteiger partial charge in [-0.25, -0.2) is 0 Å².